The predicted molar refractivity (Wildman–Crippen MR) is 72.3 cm³/mol. The van der Waals surface area contributed by atoms with Crippen molar-refractivity contribution in [1.29, 1.82) is 0 Å². The molecule has 0 atom stereocenters. The number of hydrogen-bond donors (Lipinski definition) is 1. The number of benzene rings is 1. The van der Waals surface area contributed by atoms with Crippen LogP contribution in [-0.2, 0) is 6.54 Å². The third kappa shape index (κ3) is 4.48. The molecule has 2 aromatic rings. The molecule has 0 saturated carbocycles. The molecule has 1 heterocycles. The first-order valence-electron chi connectivity index (χ1n) is 5.51. The molecule has 0 aliphatic carbocycles. The number of nitrogens with zero attached hydrogens (tertiary/aromatic N) is 1. The maximum Gasteiger partial charge on any atom is 0.387 e. The third-order valence-corrected chi connectivity index (χ3v) is 2.75. The van der Waals surface area contributed by atoms with Gasteiger partial charge >= 0.3 is 6.61 Å². The lowest BCUT2D eigenvalue weighted by atomic mass is 10.2. The average Bonchev–Trinajstić information content (AvgIpc) is 2.36. The summed E-state index contributed by atoms with van der Waals surface area (Å²) in [5.74, 6) is 0.132. The van der Waals surface area contributed by atoms with Crippen LogP contribution in [0.15, 0.2) is 47.2 Å². The van der Waals surface area contributed by atoms with Gasteiger partial charge in [0.15, 0.2) is 0 Å². The molecule has 0 radical (unpaired) electrons. The molecule has 1 N–H and O–H groups in total. The Hall–Kier alpha value is -1.69. The van der Waals surface area contributed by atoms with E-state index in [4.69, 9.17) is 0 Å². The summed E-state index contributed by atoms with van der Waals surface area (Å²) < 4.78 is 29.4. The Morgan fingerprint density at radius 2 is 2.11 bits per heavy atom. The van der Waals surface area contributed by atoms with Crippen LogP contribution in [-0.4, -0.2) is 11.6 Å². The zero-order valence-corrected chi connectivity index (χ0v) is 11.4. The van der Waals surface area contributed by atoms with Gasteiger partial charge in [0.1, 0.15) is 5.75 Å². The monoisotopic (exact) mass is 328 g/mol. The second-order valence-corrected chi connectivity index (χ2v) is 4.69. The summed E-state index contributed by atoms with van der Waals surface area (Å²) in [4.78, 5) is 4.04. The van der Waals surface area contributed by atoms with Crippen molar-refractivity contribution in [2.24, 2.45) is 0 Å². The Bertz CT molecular complexity index is 552. The number of halogens is 3. The highest BCUT2D eigenvalue weighted by Gasteiger charge is 2.04. The number of ether oxygens (including phenoxy) is 1. The van der Waals surface area contributed by atoms with Crippen LogP contribution in [0, 0.1) is 0 Å². The molecule has 6 heteroatoms. The Balaban J connectivity index is 1.99. The molecule has 0 aliphatic heterocycles. The summed E-state index contributed by atoms with van der Waals surface area (Å²) in [5, 5.41) is 3.12. The standard InChI is InChI=1S/C13H11BrF2N2O/c14-10-4-9(6-17-8-10)7-18-11-2-1-3-12(5-11)19-13(15)16/h1-6,8,13,18H,7H2. The molecule has 0 aliphatic rings. The maximum atomic E-state index is 12.1. The van der Waals surface area contributed by atoms with Gasteiger partial charge in [-0.3, -0.25) is 4.98 Å². The van der Waals surface area contributed by atoms with E-state index in [0.717, 1.165) is 10.0 Å². The van der Waals surface area contributed by atoms with E-state index in [1.54, 1.807) is 24.5 Å². The molecule has 0 spiro atoms. The molecule has 0 bridgehead atoms. The van der Waals surface area contributed by atoms with Crippen LogP contribution in [0.25, 0.3) is 0 Å². The lowest BCUT2D eigenvalue weighted by Gasteiger charge is -2.09. The number of pyridine rings is 1. The Labute approximate surface area is 117 Å². The van der Waals surface area contributed by atoms with Crippen LogP contribution in [0.3, 0.4) is 0 Å². The van der Waals surface area contributed by atoms with Gasteiger partial charge in [-0.2, -0.15) is 8.78 Å². The van der Waals surface area contributed by atoms with E-state index in [2.05, 4.69) is 31.0 Å². The zero-order chi connectivity index (χ0) is 13.7. The van der Waals surface area contributed by atoms with Crippen molar-refractivity contribution in [1.82, 2.24) is 4.98 Å². The summed E-state index contributed by atoms with van der Waals surface area (Å²) in [5.41, 5.74) is 1.69. The number of anilines is 1. The van der Waals surface area contributed by atoms with E-state index in [-0.39, 0.29) is 5.75 Å². The molecule has 0 saturated heterocycles. The van der Waals surface area contributed by atoms with Crippen molar-refractivity contribution < 1.29 is 13.5 Å². The molecule has 0 unspecified atom stereocenters. The summed E-state index contributed by atoms with van der Waals surface area (Å²) in [7, 11) is 0. The van der Waals surface area contributed by atoms with Gasteiger partial charge in [-0.15, -0.1) is 0 Å². The van der Waals surface area contributed by atoms with E-state index in [9.17, 15) is 8.78 Å². The van der Waals surface area contributed by atoms with Gasteiger partial charge in [0.05, 0.1) is 0 Å². The van der Waals surface area contributed by atoms with Crippen LogP contribution in [0.1, 0.15) is 5.56 Å². The van der Waals surface area contributed by atoms with Gasteiger partial charge in [0.2, 0.25) is 0 Å². The molecule has 0 fully saturated rings. The quantitative estimate of drug-likeness (QED) is 0.898. The number of rotatable bonds is 5. The summed E-state index contributed by atoms with van der Waals surface area (Å²) >= 11 is 3.33. The van der Waals surface area contributed by atoms with Crippen molar-refractivity contribution in [2.45, 2.75) is 13.2 Å². The van der Waals surface area contributed by atoms with Crippen LogP contribution < -0.4 is 10.1 Å². The highest BCUT2D eigenvalue weighted by Crippen LogP contribution is 2.20. The van der Waals surface area contributed by atoms with Crippen molar-refractivity contribution >= 4 is 21.6 Å². The van der Waals surface area contributed by atoms with E-state index >= 15 is 0 Å². The SMILES string of the molecule is FC(F)Oc1cccc(NCc2cncc(Br)c2)c1. The molecule has 3 nitrogen and oxygen atoms in total. The fraction of sp³-hybridized carbons (Fsp3) is 0.154. The molecular formula is C13H11BrF2N2O. The number of hydrogen-bond acceptors (Lipinski definition) is 3. The molecule has 100 valence electrons. The Kier molecular flexibility index (Phi) is 4.68. The maximum absolute atomic E-state index is 12.1. The predicted octanol–water partition coefficient (Wildman–Crippen LogP) is 4.06. The van der Waals surface area contributed by atoms with E-state index in [0.29, 0.717) is 12.2 Å². The third-order valence-electron chi connectivity index (χ3n) is 2.32. The number of alkyl halides is 2. The van der Waals surface area contributed by atoms with Gasteiger partial charge in [-0.1, -0.05) is 6.07 Å². The van der Waals surface area contributed by atoms with Gasteiger partial charge < -0.3 is 10.1 Å². The molecule has 1 aromatic carbocycles. The lowest BCUT2D eigenvalue weighted by molar-refractivity contribution is -0.0498. The largest absolute Gasteiger partial charge is 0.435 e. The second kappa shape index (κ2) is 6.47. The summed E-state index contributed by atoms with van der Waals surface area (Å²) in [6.45, 7) is -2.27. The van der Waals surface area contributed by atoms with Crippen molar-refractivity contribution in [2.75, 3.05) is 5.32 Å². The molecule has 0 amide bonds. The molecule has 19 heavy (non-hydrogen) atoms. The first-order chi connectivity index (χ1) is 9.13. The first kappa shape index (κ1) is 13.7. The Morgan fingerprint density at radius 1 is 1.26 bits per heavy atom. The van der Waals surface area contributed by atoms with Crippen LogP contribution in [0.5, 0.6) is 5.75 Å². The molecule has 2 rings (SSSR count). The van der Waals surface area contributed by atoms with Crippen LogP contribution in [0.2, 0.25) is 0 Å². The van der Waals surface area contributed by atoms with E-state index < -0.39 is 6.61 Å². The first-order valence-corrected chi connectivity index (χ1v) is 6.31. The Morgan fingerprint density at radius 3 is 2.84 bits per heavy atom. The zero-order valence-electron chi connectivity index (χ0n) is 9.82. The van der Waals surface area contributed by atoms with Gasteiger partial charge in [0.25, 0.3) is 0 Å². The topological polar surface area (TPSA) is 34.1 Å². The minimum absolute atomic E-state index is 0.132. The second-order valence-electron chi connectivity index (χ2n) is 3.77. The lowest BCUT2D eigenvalue weighted by Crippen LogP contribution is -2.03. The number of aromatic nitrogens is 1. The summed E-state index contributed by atoms with van der Waals surface area (Å²) in [6, 6.07) is 8.37. The molecule has 1 aromatic heterocycles. The fourth-order valence-electron chi connectivity index (χ4n) is 1.54. The van der Waals surface area contributed by atoms with Gasteiger partial charge in [-0.05, 0) is 39.7 Å². The fourth-order valence-corrected chi connectivity index (χ4v) is 1.95. The van der Waals surface area contributed by atoms with Crippen LogP contribution >= 0.6 is 15.9 Å². The molecular weight excluding hydrogens is 318 g/mol. The smallest absolute Gasteiger partial charge is 0.387 e. The van der Waals surface area contributed by atoms with E-state index in [1.807, 2.05) is 6.07 Å². The van der Waals surface area contributed by atoms with E-state index in [1.165, 1.54) is 12.1 Å². The highest BCUT2D eigenvalue weighted by molar-refractivity contribution is 9.10. The minimum atomic E-state index is -2.82. The average molecular weight is 329 g/mol. The van der Waals surface area contributed by atoms with Gasteiger partial charge in [-0.25, -0.2) is 0 Å². The van der Waals surface area contributed by atoms with Crippen molar-refractivity contribution in [3.8, 4) is 5.75 Å². The number of nitrogens with one attached hydrogen (secondary N) is 1. The van der Waals surface area contributed by atoms with Crippen LogP contribution in [0.4, 0.5) is 14.5 Å². The highest BCUT2D eigenvalue weighted by atomic mass is 79.9. The van der Waals surface area contributed by atoms with Crippen molar-refractivity contribution in [3.05, 3.63) is 52.8 Å². The summed E-state index contributed by atoms with van der Waals surface area (Å²) in [6.07, 6.45) is 3.43. The van der Waals surface area contributed by atoms with Gasteiger partial charge in [0, 0.05) is 35.2 Å². The normalized spacial score (nSPS) is 10.5. The van der Waals surface area contributed by atoms with Crippen molar-refractivity contribution in [3.63, 3.8) is 0 Å². The minimum Gasteiger partial charge on any atom is -0.435 e.